The number of H-pyrrole nitrogens is 1. The van der Waals surface area contributed by atoms with E-state index in [0.717, 1.165) is 27.9 Å². The predicted molar refractivity (Wildman–Crippen MR) is 88.0 cm³/mol. The molecule has 2 aromatic carbocycles. The SMILES string of the molecule is c1ccc2[nH]c(CNc3ccc(C4C[Se]N=N4)cc3)nc2c1. The molecule has 1 atom stereocenters. The monoisotopic (exact) mass is 357 g/mol. The van der Waals surface area contributed by atoms with Gasteiger partial charge in [0.15, 0.2) is 0 Å². The van der Waals surface area contributed by atoms with Crippen molar-refractivity contribution < 1.29 is 0 Å². The molecule has 2 heterocycles. The van der Waals surface area contributed by atoms with Crippen LogP contribution in [-0.2, 0) is 6.54 Å². The summed E-state index contributed by atoms with van der Waals surface area (Å²) in [5.74, 6) is 0.942. The zero-order chi connectivity index (χ0) is 14.8. The number of nitrogens with zero attached hydrogens (tertiary/aromatic N) is 3. The Morgan fingerprint density at radius 1 is 1.14 bits per heavy atom. The van der Waals surface area contributed by atoms with Gasteiger partial charge in [-0.3, -0.25) is 0 Å². The van der Waals surface area contributed by atoms with Crippen LogP contribution in [0.2, 0.25) is 5.32 Å². The van der Waals surface area contributed by atoms with Gasteiger partial charge in [0.1, 0.15) is 0 Å². The summed E-state index contributed by atoms with van der Waals surface area (Å²) in [6, 6.07) is 16.8. The van der Waals surface area contributed by atoms with E-state index in [1.807, 2.05) is 24.3 Å². The van der Waals surface area contributed by atoms with Crippen molar-refractivity contribution in [1.82, 2.24) is 9.97 Å². The first-order chi connectivity index (χ1) is 10.9. The first-order valence-corrected chi connectivity index (χ1v) is 9.16. The Balaban J connectivity index is 1.43. The van der Waals surface area contributed by atoms with Gasteiger partial charge in [0.2, 0.25) is 0 Å². The van der Waals surface area contributed by atoms with E-state index in [9.17, 15) is 0 Å². The van der Waals surface area contributed by atoms with Gasteiger partial charge in [-0.1, -0.05) is 12.1 Å². The fraction of sp³-hybridized carbons (Fsp3) is 0.188. The minimum absolute atomic E-state index is 0.268. The van der Waals surface area contributed by atoms with Gasteiger partial charge in [0.05, 0.1) is 0 Å². The van der Waals surface area contributed by atoms with Crippen LogP contribution < -0.4 is 5.32 Å². The second kappa shape index (κ2) is 5.91. The summed E-state index contributed by atoms with van der Waals surface area (Å²) in [5.41, 5.74) is 4.41. The van der Waals surface area contributed by atoms with E-state index >= 15 is 0 Å². The van der Waals surface area contributed by atoms with Crippen molar-refractivity contribution in [1.29, 1.82) is 0 Å². The van der Waals surface area contributed by atoms with Gasteiger partial charge in [-0.25, -0.2) is 0 Å². The van der Waals surface area contributed by atoms with Crippen molar-refractivity contribution in [2.45, 2.75) is 17.9 Å². The Kier molecular flexibility index (Phi) is 3.62. The Labute approximate surface area is 134 Å². The van der Waals surface area contributed by atoms with Crippen molar-refractivity contribution in [3.8, 4) is 0 Å². The Bertz CT molecular complexity index is 776. The van der Waals surface area contributed by atoms with Crippen LogP contribution in [0, 0.1) is 0 Å². The maximum atomic E-state index is 4.56. The summed E-state index contributed by atoms with van der Waals surface area (Å²) in [5, 5.41) is 8.75. The van der Waals surface area contributed by atoms with E-state index in [2.05, 4.69) is 48.8 Å². The van der Waals surface area contributed by atoms with Crippen LogP contribution in [0.1, 0.15) is 17.4 Å². The molecule has 2 N–H and O–H groups in total. The second-order valence-electron chi connectivity index (χ2n) is 5.18. The molecule has 1 aliphatic heterocycles. The second-order valence-corrected chi connectivity index (χ2v) is 6.77. The molecule has 110 valence electrons. The normalized spacial score (nSPS) is 17.2. The number of aromatic nitrogens is 2. The molecule has 3 aromatic rings. The molecule has 5 nitrogen and oxygen atoms in total. The van der Waals surface area contributed by atoms with Crippen LogP contribution in [0.3, 0.4) is 0 Å². The fourth-order valence-corrected chi connectivity index (χ4v) is 3.85. The third kappa shape index (κ3) is 2.75. The van der Waals surface area contributed by atoms with Crippen LogP contribution >= 0.6 is 0 Å². The standard InChI is InChI=1S/C16H15N5Se/c1-2-4-14-13(3-1)18-16(19-14)9-17-12-7-5-11(6-8-12)15-10-22-21-20-15/h1-8,15,17H,9-10H2,(H,18,19). The van der Waals surface area contributed by atoms with Crippen LogP contribution in [0.4, 0.5) is 5.69 Å². The summed E-state index contributed by atoms with van der Waals surface area (Å²) in [7, 11) is 0. The zero-order valence-electron chi connectivity index (χ0n) is 11.9. The number of aromatic amines is 1. The van der Waals surface area contributed by atoms with E-state index in [1.54, 1.807) is 0 Å². The van der Waals surface area contributed by atoms with Gasteiger partial charge >= 0.3 is 122 Å². The van der Waals surface area contributed by atoms with Crippen molar-refractivity contribution in [2.24, 2.45) is 9.24 Å². The number of anilines is 1. The Morgan fingerprint density at radius 3 is 2.77 bits per heavy atom. The van der Waals surface area contributed by atoms with Crippen LogP contribution in [0.25, 0.3) is 11.0 Å². The first kappa shape index (κ1) is 13.5. The average molecular weight is 356 g/mol. The van der Waals surface area contributed by atoms with E-state index in [4.69, 9.17) is 0 Å². The molecule has 0 fully saturated rings. The summed E-state index contributed by atoms with van der Waals surface area (Å²) in [6.07, 6.45) is 0. The third-order valence-electron chi connectivity index (χ3n) is 3.67. The van der Waals surface area contributed by atoms with Gasteiger partial charge in [-0.2, -0.15) is 0 Å². The zero-order valence-corrected chi connectivity index (χ0v) is 13.6. The Hall–Kier alpha value is -2.17. The van der Waals surface area contributed by atoms with E-state index in [1.165, 1.54) is 5.56 Å². The number of para-hydroxylation sites is 2. The fourth-order valence-electron chi connectivity index (χ4n) is 2.49. The predicted octanol–water partition coefficient (Wildman–Crippen LogP) is 3.72. The molecule has 0 bridgehead atoms. The van der Waals surface area contributed by atoms with Gasteiger partial charge in [0.25, 0.3) is 0 Å². The summed E-state index contributed by atoms with van der Waals surface area (Å²) < 4.78 is 4.12. The van der Waals surface area contributed by atoms with E-state index in [0.29, 0.717) is 21.7 Å². The number of benzene rings is 2. The summed E-state index contributed by atoms with van der Waals surface area (Å²) >= 11 is 0.336. The molecule has 0 spiro atoms. The first-order valence-electron chi connectivity index (χ1n) is 7.18. The van der Waals surface area contributed by atoms with Crippen LogP contribution in [0.15, 0.2) is 57.8 Å². The number of nitrogens with one attached hydrogen (secondary N) is 2. The van der Waals surface area contributed by atoms with Gasteiger partial charge in [-0.05, 0) is 0 Å². The Morgan fingerprint density at radius 2 is 2.00 bits per heavy atom. The van der Waals surface area contributed by atoms with Gasteiger partial charge < -0.3 is 0 Å². The number of hydrogen-bond acceptors (Lipinski definition) is 4. The molecule has 1 aliphatic rings. The minimum atomic E-state index is 0.268. The summed E-state index contributed by atoms with van der Waals surface area (Å²) in [4.78, 5) is 7.89. The molecular formula is C16H15N5Se. The molecule has 1 unspecified atom stereocenters. The number of hydrogen-bond donors (Lipinski definition) is 2. The molecule has 0 radical (unpaired) electrons. The van der Waals surface area contributed by atoms with Crippen LogP contribution in [-0.4, -0.2) is 25.1 Å². The van der Waals surface area contributed by atoms with E-state index in [-0.39, 0.29) is 6.04 Å². The number of fused-ring (bicyclic) bond motifs is 1. The van der Waals surface area contributed by atoms with Crippen molar-refractivity contribution in [3.05, 3.63) is 59.9 Å². The molecule has 0 saturated heterocycles. The van der Waals surface area contributed by atoms with Crippen LogP contribution in [0.5, 0.6) is 0 Å². The van der Waals surface area contributed by atoms with E-state index < -0.39 is 0 Å². The molecule has 0 saturated carbocycles. The molecule has 0 aliphatic carbocycles. The molecule has 0 amide bonds. The van der Waals surface area contributed by atoms with Gasteiger partial charge in [0, 0.05) is 0 Å². The molecular weight excluding hydrogens is 341 g/mol. The quantitative estimate of drug-likeness (QED) is 0.700. The third-order valence-corrected chi connectivity index (χ3v) is 5.09. The maximum absolute atomic E-state index is 4.56. The van der Waals surface area contributed by atoms with Crippen molar-refractivity contribution in [2.75, 3.05) is 5.32 Å². The van der Waals surface area contributed by atoms with Crippen molar-refractivity contribution >= 4 is 31.9 Å². The van der Waals surface area contributed by atoms with Crippen molar-refractivity contribution in [3.63, 3.8) is 0 Å². The summed E-state index contributed by atoms with van der Waals surface area (Å²) in [6.45, 7) is 0.681. The molecule has 4 rings (SSSR count). The molecule has 22 heavy (non-hydrogen) atoms. The number of rotatable bonds is 4. The number of imidazole rings is 1. The molecule has 1 aromatic heterocycles. The average Bonchev–Trinajstić information content (AvgIpc) is 3.22. The topological polar surface area (TPSA) is 65.4 Å². The molecule has 6 heteroatoms. The van der Waals surface area contributed by atoms with Gasteiger partial charge in [-0.15, -0.1) is 0 Å².